The number of benzene rings is 4. The van der Waals surface area contributed by atoms with E-state index in [4.69, 9.17) is 9.47 Å². The predicted molar refractivity (Wildman–Crippen MR) is 203 cm³/mol. The molecule has 0 radical (unpaired) electrons. The molecule has 6 aromatic rings. The second-order valence-electron chi connectivity index (χ2n) is 13.2. The molecule has 0 saturated heterocycles. The Balaban J connectivity index is 0.993. The van der Waals surface area contributed by atoms with Crippen LogP contribution >= 0.6 is 0 Å². The smallest absolute Gasteiger partial charge is 0.131 e. The minimum atomic E-state index is 0.391. The molecule has 50 heavy (non-hydrogen) atoms. The molecule has 0 unspecified atom stereocenters. The number of ether oxygens (including phenoxy) is 2. The van der Waals surface area contributed by atoms with Gasteiger partial charge in [-0.3, -0.25) is 9.97 Å². The molecule has 0 aliphatic carbocycles. The van der Waals surface area contributed by atoms with Crippen LogP contribution in [0, 0.1) is 0 Å². The summed E-state index contributed by atoms with van der Waals surface area (Å²) in [6.07, 6.45) is 3.50. The molecule has 0 fully saturated rings. The molecule has 8 heteroatoms. The van der Waals surface area contributed by atoms with Gasteiger partial charge in [-0.05, 0) is 88.4 Å². The quantitative estimate of drug-likeness (QED) is 0.152. The third kappa shape index (κ3) is 6.05. The lowest BCUT2D eigenvalue weighted by Crippen LogP contribution is -2.33. The Kier molecular flexibility index (Phi) is 8.20. The van der Waals surface area contributed by atoms with E-state index in [1.165, 1.54) is 22.7 Å². The summed E-state index contributed by atoms with van der Waals surface area (Å²) in [6, 6.07) is 41.9. The summed E-state index contributed by atoms with van der Waals surface area (Å²) in [5, 5.41) is 0. The van der Waals surface area contributed by atoms with Crippen molar-refractivity contribution in [3.8, 4) is 34.4 Å². The van der Waals surface area contributed by atoms with Gasteiger partial charge in [0.15, 0.2) is 0 Å². The van der Waals surface area contributed by atoms with E-state index in [0.29, 0.717) is 35.0 Å². The van der Waals surface area contributed by atoms with Crippen LogP contribution in [0.25, 0.3) is 11.4 Å². The average molecular weight is 661 g/mol. The number of hydrogen-bond acceptors (Lipinski definition) is 8. The van der Waals surface area contributed by atoms with Crippen molar-refractivity contribution >= 4 is 34.1 Å². The Labute approximate surface area is 293 Å². The molecule has 4 aromatic carbocycles. The van der Waals surface area contributed by atoms with Crippen LogP contribution in [-0.2, 0) is 0 Å². The number of rotatable bonds is 9. The van der Waals surface area contributed by atoms with Crippen molar-refractivity contribution in [2.75, 3.05) is 32.9 Å². The summed E-state index contributed by atoms with van der Waals surface area (Å²) in [5.41, 5.74) is 8.43. The lowest BCUT2D eigenvalue weighted by Gasteiger charge is -2.25. The number of aromatic nitrogens is 2. The molecule has 8 nitrogen and oxygen atoms in total. The molecular weight excluding hydrogens is 621 g/mol. The molecule has 0 amide bonds. The molecule has 4 heterocycles. The highest BCUT2D eigenvalue weighted by atomic mass is 16.5. The maximum atomic E-state index is 6.39. The van der Waals surface area contributed by atoms with Crippen LogP contribution in [0.3, 0.4) is 0 Å². The van der Waals surface area contributed by atoms with Crippen molar-refractivity contribution in [3.63, 3.8) is 0 Å². The second kappa shape index (κ2) is 13.1. The molecular formula is C42H40N6O2. The van der Waals surface area contributed by atoms with Gasteiger partial charge in [-0.1, -0.05) is 36.4 Å². The van der Waals surface area contributed by atoms with Crippen LogP contribution in [0.5, 0.6) is 23.0 Å². The van der Waals surface area contributed by atoms with Crippen LogP contribution in [0.1, 0.15) is 27.7 Å². The monoisotopic (exact) mass is 660 g/mol. The lowest BCUT2D eigenvalue weighted by atomic mass is 10.2. The molecule has 0 spiro atoms. The maximum absolute atomic E-state index is 6.39. The highest BCUT2D eigenvalue weighted by molar-refractivity contribution is 5.84. The first-order valence-electron chi connectivity index (χ1n) is 17.2. The number of nitrogens with zero attached hydrogens (tertiary/aromatic N) is 6. The zero-order chi connectivity index (χ0) is 34.2. The van der Waals surface area contributed by atoms with Gasteiger partial charge in [0.05, 0.1) is 47.5 Å². The number of pyridine rings is 2. The first-order valence-corrected chi connectivity index (χ1v) is 17.2. The highest BCUT2D eigenvalue weighted by Gasteiger charge is 2.29. The molecule has 250 valence electrons. The number of anilines is 6. The van der Waals surface area contributed by atoms with Gasteiger partial charge in [-0.25, -0.2) is 0 Å². The molecule has 0 N–H and O–H groups in total. The largest absolute Gasteiger partial charge is 0.457 e. The van der Waals surface area contributed by atoms with Crippen LogP contribution < -0.4 is 29.1 Å². The lowest BCUT2D eigenvalue weighted by molar-refractivity contribution is 0.481. The summed E-state index contributed by atoms with van der Waals surface area (Å²) >= 11 is 0. The van der Waals surface area contributed by atoms with Crippen LogP contribution in [0.15, 0.2) is 134 Å². The fourth-order valence-electron chi connectivity index (χ4n) is 6.74. The first-order chi connectivity index (χ1) is 24.4. The Morgan fingerprint density at radius 1 is 0.460 bits per heavy atom. The Morgan fingerprint density at radius 2 is 0.860 bits per heavy atom. The molecule has 0 atom stereocenters. The SMILES string of the molecule is CC(C)N1CN(c2cccc(Oc3ccnc(-c4cc(Oc5cccc(N6CN(C(C)C)c7ccccc76)c5)ccn4)c3)c2)c2ccccc21. The summed E-state index contributed by atoms with van der Waals surface area (Å²) in [7, 11) is 0. The molecule has 8 rings (SSSR count). The van der Waals surface area contributed by atoms with Crippen LogP contribution in [0.2, 0.25) is 0 Å². The number of fused-ring (bicyclic) bond motifs is 2. The van der Waals surface area contributed by atoms with E-state index < -0.39 is 0 Å². The zero-order valence-electron chi connectivity index (χ0n) is 28.8. The molecule has 2 aliphatic heterocycles. The Bertz CT molecular complexity index is 2000. The number of hydrogen-bond donors (Lipinski definition) is 0. The van der Waals surface area contributed by atoms with Crippen molar-refractivity contribution in [1.29, 1.82) is 0 Å². The zero-order valence-corrected chi connectivity index (χ0v) is 28.8. The van der Waals surface area contributed by atoms with Gasteiger partial charge < -0.3 is 29.1 Å². The van der Waals surface area contributed by atoms with Crippen molar-refractivity contribution in [2.24, 2.45) is 0 Å². The van der Waals surface area contributed by atoms with E-state index in [-0.39, 0.29) is 0 Å². The predicted octanol–water partition coefficient (Wildman–Crippen LogP) is 10.4. The van der Waals surface area contributed by atoms with E-state index in [0.717, 1.165) is 36.2 Å². The van der Waals surface area contributed by atoms with Crippen molar-refractivity contribution in [2.45, 2.75) is 39.8 Å². The van der Waals surface area contributed by atoms with Crippen molar-refractivity contribution in [3.05, 3.63) is 134 Å². The Morgan fingerprint density at radius 3 is 1.28 bits per heavy atom. The van der Waals surface area contributed by atoms with E-state index >= 15 is 0 Å². The summed E-state index contributed by atoms with van der Waals surface area (Å²) in [4.78, 5) is 18.7. The molecule has 2 aromatic heterocycles. The molecule has 2 aliphatic rings. The minimum Gasteiger partial charge on any atom is -0.457 e. The normalized spacial score (nSPS) is 13.6. The van der Waals surface area contributed by atoms with Gasteiger partial charge in [0.2, 0.25) is 0 Å². The van der Waals surface area contributed by atoms with Gasteiger partial charge in [0.1, 0.15) is 23.0 Å². The highest BCUT2D eigenvalue weighted by Crippen LogP contribution is 2.44. The minimum absolute atomic E-state index is 0.391. The van der Waals surface area contributed by atoms with Gasteiger partial charge >= 0.3 is 0 Å². The fraction of sp³-hybridized carbons (Fsp3) is 0.190. The first kappa shape index (κ1) is 31.3. The van der Waals surface area contributed by atoms with Crippen LogP contribution in [-0.4, -0.2) is 35.4 Å². The maximum Gasteiger partial charge on any atom is 0.131 e. The summed E-state index contributed by atoms with van der Waals surface area (Å²) in [5.74, 6) is 2.87. The number of para-hydroxylation sites is 4. The molecule has 0 saturated carbocycles. The van der Waals surface area contributed by atoms with Crippen molar-refractivity contribution < 1.29 is 9.47 Å². The van der Waals surface area contributed by atoms with E-state index in [1.807, 2.05) is 48.5 Å². The topological polar surface area (TPSA) is 57.2 Å². The van der Waals surface area contributed by atoms with Gasteiger partial charge in [0, 0.05) is 60.1 Å². The van der Waals surface area contributed by atoms with E-state index in [9.17, 15) is 0 Å². The second-order valence-corrected chi connectivity index (χ2v) is 13.2. The fourth-order valence-corrected chi connectivity index (χ4v) is 6.74. The summed E-state index contributed by atoms with van der Waals surface area (Å²) < 4.78 is 12.8. The van der Waals surface area contributed by atoms with Gasteiger partial charge in [-0.15, -0.1) is 0 Å². The van der Waals surface area contributed by atoms with E-state index in [2.05, 4.69) is 130 Å². The Hall–Kier alpha value is -6.02. The third-order valence-electron chi connectivity index (χ3n) is 9.25. The average Bonchev–Trinajstić information content (AvgIpc) is 3.72. The summed E-state index contributed by atoms with van der Waals surface area (Å²) in [6.45, 7) is 10.5. The third-order valence-corrected chi connectivity index (χ3v) is 9.25. The van der Waals surface area contributed by atoms with Crippen molar-refractivity contribution in [1.82, 2.24) is 9.97 Å². The van der Waals surface area contributed by atoms with E-state index in [1.54, 1.807) is 12.4 Å². The van der Waals surface area contributed by atoms with Crippen LogP contribution in [0.4, 0.5) is 34.1 Å². The van der Waals surface area contributed by atoms with Gasteiger partial charge in [0.25, 0.3) is 0 Å². The van der Waals surface area contributed by atoms with Gasteiger partial charge in [-0.2, -0.15) is 0 Å². The standard InChI is InChI=1S/C42H40N6O2/c1-29(2)45-27-47(41-17-7-5-15-39(41)45)31-11-9-13-33(23-31)49-35-19-21-43-37(25-35)38-26-36(20-22-44-38)50-34-14-10-12-32(24-34)48-28-46(30(3)4)40-16-6-8-18-42(40)48/h5-26,29-30H,27-28H2,1-4H3. The molecule has 0 bridgehead atoms.